The lowest BCUT2D eigenvalue weighted by Gasteiger charge is -2.30. The van der Waals surface area contributed by atoms with Crippen LogP contribution in [0.1, 0.15) is 258 Å². The van der Waals surface area contributed by atoms with E-state index in [9.17, 15) is 19.0 Å². The summed E-state index contributed by atoms with van der Waals surface area (Å²) in [5.41, 5.74) is 0. The number of phosphoric acid groups is 1. The molecular weight excluding hydrogens is 940 g/mol. The molecule has 0 aromatic heterocycles. The van der Waals surface area contributed by atoms with Gasteiger partial charge in [-0.2, -0.15) is 0 Å². The van der Waals surface area contributed by atoms with Crippen LogP contribution in [0.3, 0.4) is 0 Å². The lowest BCUT2D eigenvalue weighted by molar-refractivity contribution is -0.870. The van der Waals surface area contributed by atoms with E-state index in [1.807, 2.05) is 33.3 Å². The number of nitrogens with one attached hydrogen (secondary N) is 1. The van der Waals surface area contributed by atoms with Crippen molar-refractivity contribution in [3.05, 3.63) is 85.1 Å². The molecule has 0 spiro atoms. The fraction of sp³-hybridized carbons (Fsp3) is 0.750. The van der Waals surface area contributed by atoms with E-state index >= 15 is 0 Å². The van der Waals surface area contributed by atoms with Gasteiger partial charge >= 0.3 is 5.97 Å². The lowest BCUT2D eigenvalue weighted by atomic mass is 10.0. The number of phosphoric ester groups is 1. The summed E-state index contributed by atoms with van der Waals surface area (Å²) in [6.07, 6.45) is 69.7. The zero-order chi connectivity index (χ0) is 54.3. The quantitative estimate of drug-likeness (QED) is 0.0212. The van der Waals surface area contributed by atoms with E-state index < -0.39 is 26.6 Å². The standard InChI is InChI=1S/C64H115N2O7P/c1-7-10-13-16-19-22-25-28-30-31-32-33-34-35-37-38-41-44-47-50-53-56-63(67)65-61(60-72-74(69,70)71-59-58-66(4,5)6)62(55-52-49-46-43-40-27-24-21-18-15-12-9-3)73-64(68)57-54-51-48-45-42-39-36-29-26-23-20-17-14-11-8-2/h10,13,19,22-23,26,28,30,32-33,35,37,52,55,61-62H,7-9,11-12,14-18,20-21,24-25,27,29,31,34,36,38-51,53-54,56-60H2,1-6H3,(H-,65,67,69,70)/b13-10-,22-19-,26-23-,30-28-,33-32-,37-35-,55-52-. The fourth-order valence-corrected chi connectivity index (χ4v) is 9.09. The molecule has 0 aromatic rings. The summed E-state index contributed by atoms with van der Waals surface area (Å²) in [6, 6.07) is -0.904. The van der Waals surface area contributed by atoms with Gasteiger partial charge < -0.3 is 28.5 Å². The Bertz CT molecular complexity index is 1540. The van der Waals surface area contributed by atoms with Gasteiger partial charge in [-0.15, -0.1) is 0 Å². The number of amides is 1. The molecule has 10 heteroatoms. The molecule has 74 heavy (non-hydrogen) atoms. The van der Waals surface area contributed by atoms with Crippen LogP contribution in [-0.2, 0) is 27.9 Å². The third-order valence-electron chi connectivity index (χ3n) is 13.1. The minimum Gasteiger partial charge on any atom is -0.756 e. The van der Waals surface area contributed by atoms with Gasteiger partial charge in [0.2, 0.25) is 5.91 Å². The maximum Gasteiger partial charge on any atom is 0.306 e. The van der Waals surface area contributed by atoms with Crippen molar-refractivity contribution < 1.29 is 37.3 Å². The van der Waals surface area contributed by atoms with Crippen molar-refractivity contribution >= 4 is 19.7 Å². The summed E-state index contributed by atoms with van der Waals surface area (Å²) in [5.74, 6) is -0.569. The number of rotatable bonds is 54. The number of esters is 1. The van der Waals surface area contributed by atoms with Crippen molar-refractivity contribution in [3.8, 4) is 0 Å². The molecule has 0 saturated heterocycles. The Labute approximate surface area is 456 Å². The second kappa shape index (κ2) is 53.6. The van der Waals surface area contributed by atoms with E-state index in [-0.39, 0.29) is 24.9 Å². The third kappa shape index (κ3) is 54.0. The molecule has 0 aromatic carbocycles. The summed E-state index contributed by atoms with van der Waals surface area (Å²) in [5, 5.41) is 3.01. The molecule has 0 heterocycles. The maximum absolute atomic E-state index is 13.5. The molecule has 1 amide bonds. The summed E-state index contributed by atoms with van der Waals surface area (Å²) in [6.45, 7) is 6.69. The molecule has 0 aliphatic rings. The van der Waals surface area contributed by atoms with Crippen LogP contribution in [0.2, 0.25) is 0 Å². The van der Waals surface area contributed by atoms with Crippen molar-refractivity contribution in [1.29, 1.82) is 0 Å². The zero-order valence-electron chi connectivity index (χ0n) is 48.8. The minimum atomic E-state index is -4.71. The SMILES string of the molecule is CC/C=C\C/C=C\C/C=C\C/C=C\C/C=C\CCCCCCCC(=O)NC(COP(=O)([O-])OCC[N+](C)(C)C)C(/C=C\CCCCCCCCCCCC)OC(=O)CCCCCCCCC/C=C\CCCCCC. The Hall–Kier alpha value is -2.81. The number of ether oxygens (including phenoxy) is 1. The molecule has 0 aliphatic carbocycles. The predicted molar refractivity (Wildman–Crippen MR) is 316 cm³/mol. The summed E-state index contributed by atoms with van der Waals surface area (Å²) in [7, 11) is 1.16. The predicted octanol–water partition coefficient (Wildman–Crippen LogP) is 18.0. The van der Waals surface area contributed by atoms with E-state index in [0.717, 1.165) is 116 Å². The Morgan fingerprint density at radius 2 is 0.865 bits per heavy atom. The molecule has 0 radical (unpaired) electrons. The van der Waals surface area contributed by atoms with E-state index in [2.05, 4.69) is 99.0 Å². The first-order valence-corrected chi connectivity index (χ1v) is 31.9. The summed E-state index contributed by atoms with van der Waals surface area (Å²) in [4.78, 5) is 39.9. The monoisotopic (exact) mass is 1050 g/mol. The van der Waals surface area contributed by atoms with Gasteiger partial charge in [0.15, 0.2) is 0 Å². The van der Waals surface area contributed by atoms with Gasteiger partial charge in [0.25, 0.3) is 7.82 Å². The number of hydrogen-bond acceptors (Lipinski definition) is 7. The van der Waals surface area contributed by atoms with Crippen LogP contribution in [0.15, 0.2) is 85.1 Å². The molecule has 428 valence electrons. The Kier molecular flexibility index (Phi) is 51.5. The number of quaternary nitrogens is 1. The van der Waals surface area contributed by atoms with Gasteiger partial charge in [-0.1, -0.05) is 228 Å². The normalized spacial score (nSPS) is 14.3. The lowest BCUT2D eigenvalue weighted by Crippen LogP contribution is -2.47. The number of allylic oxidation sites excluding steroid dienone is 13. The van der Waals surface area contributed by atoms with Crippen LogP contribution in [0, 0.1) is 0 Å². The third-order valence-corrected chi connectivity index (χ3v) is 14.0. The highest BCUT2D eigenvalue weighted by Gasteiger charge is 2.27. The summed E-state index contributed by atoms with van der Waals surface area (Å²) >= 11 is 0. The molecule has 0 aliphatic heterocycles. The van der Waals surface area contributed by atoms with Crippen LogP contribution >= 0.6 is 7.82 Å². The highest BCUT2D eigenvalue weighted by atomic mass is 31.2. The van der Waals surface area contributed by atoms with Crippen molar-refractivity contribution in [2.24, 2.45) is 0 Å². The second-order valence-electron chi connectivity index (χ2n) is 21.5. The van der Waals surface area contributed by atoms with E-state index in [1.165, 1.54) is 103 Å². The average Bonchev–Trinajstić information content (AvgIpc) is 3.36. The first kappa shape index (κ1) is 71.2. The van der Waals surface area contributed by atoms with Crippen molar-refractivity contribution in [3.63, 3.8) is 0 Å². The first-order chi connectivity index (χ1) is 35.9. The molecule has 9 nitrogen and oxygen atoms in total. The van der Waals surface area contributed by atoms with Gasteiger partial charge in [0, 0.05) is 12.8 Å². The van der Waals surface area contributed by atoms with Crippen LogP contribution in [-0.4, -0.2) is 69.4 Å². The molecule has 0 saturated carbocycles. The average molecular weight is 1060 g/mol. The molecule has 3 atom stereocenters. The smallest absolute Gasteiger partial charge is 0.306 e. The topological polar surface area (TPSA) is 114 Å². The summed E-state index contributed by atoms with van der Waals surface area (Å²) < 4.78 is 30.3. The highest BCUT2D eigenvalue weighted by molar-refractivity contribution is 7.45. The molecule has 1 N–H and O–H groups in total. The Morgan fingerprint density at radius 3 is 1.32 bits per heavy atom. The van der Waals surface area contributed by atoms with Gasteiger partial charge in [-0.25, -0.2) is 0 Å². The molecule has 0 rings (SSSR count). The second-order valence-corrected chi connectivity index (χ2v) is 22.9. The van der Waals surface area contributed by atoms with Gasteiger partial charge in [-0.05, 0) is 102 Å². The van der Waals surface area contributed by atoms with Gasteiger partial charge in [-0.3, -0.25) is 14.2 Å². The first-order valence-electron chi connectivity index (χ1n) is 30.4. The zero-order valence-corrected chi connectivity index (χ0v) is 49.7. The number of hydrogen-bond donors (Lipinski definition) is 1. The van der Waals surface area contributed by atoms with Crippen molar-refractivity contribution in [2.45, 2.75) is 270 Å². The number of carbonyl (C=O) groups excluding carboxylic acids is 2. The van der Waals surface area contributed by atoms with E-state index in [0.29, 0.717) is 23.9 Å². The molecular formula is C64H115N2O7P. The minimum absolute atomic E-state index is 0.0304. The highest BCUT2D eigenvalue weighted by Crippen LogP contribution is 2.38. The largest absolute Gasteiger partial charge is 0.756 e. The number of carbonyl (C=O) groups is 2. The van der Waals surface area contributed by atoms with E-state index in [4.69, 9.17) is 13.8 Å². The van der Waals surface area contributed by atoms with Crippen molar-refractivity contribution in [2.75, 3.05) is 40.9 Å². The molecule has 3 unspecified atom stereocenters. The fourth-order valence-electron chi connectivity index (χ4n) is 8.37. The molecule has 0 fully saturated rings. The maximum atomic E-state index is 13.5. The van der Waals surface area contributed by atoms with E-state index in [1.54, 1.807) is 0 Å². The van der Waals surface area contributed by atoms with Crippen LogP contribution < -0.4 is 10.2 Å². The van der Waals surface area contributed by atoms with Crippen molar-refractivity contribution in [1.82, 2.24) is 5.32 Å². The number of likely N-dealkylation sites (N-methyl/N-ethyl adjacent to an activating group) is 1. The molecule has 0 bridgehead atoms. The van der Waals surface area contributed by atoms with Gasteiger partial charge in [0.05, 0.1) is 33.8 Å². The van der Waals surface area contributed by atoms with Crippen LogP contribution in [0.5, 0.6) is 0 Å². The number of unbranched alkanes of at least 4 members (excludes halogenated alkanes) is 26. The number of nitrogens with zero attached hydrogens (tertiary/aromatic N) is 1. The van der Waals surface area contributed by atoms with Gasteiger partial charge in [0.1, 0.15) is 19.3 Å². The van der Waals surface area contributed by atoms with Crippen LogP contribution in [0.4, 0.5) is 0 Å². The van der Waals surface area contributed by atoms with Crippen LogP contribution in [0.25, 0.3) is 0 Å². The Balaban J connectivity index is 5.31. The Morgan fingerprint density at radius 1 is 0.486 bits per heavy atom.